The summed E-state index contributed by atoms with van der Waals surface area (Å²) in [4.78, 5) is 0. The third-order valence-corrected chi connectivity index (χ3v) is 7.79. The van der Waals surface area contributed by atoms with Crippen LogP contribution in [0, 0.1) is 0 Å². The van der Waals surface area contributed by atoms with Crippen LogP contribution in [0.5, 0.6) is 0 Å². The third-order valence-electron chi connectivity index (χ3n) is 7.79. The average molecular weight is 616 g/mol. The molecule has 0 atom stereocenters. The molecule has 4 aromatic rings. The smallest absolute Gasteiger partial charge is 1.00 e. The Balaban J connectivity index is 0.00000133. The van der Waals surface area contributed by atoms with E-state index < -0.39 is 0 Å². The van der Waals surface area contributed by atoms with Gasteiger partial charge in [0, 0.05) is 0 Å². The molecule has 0 fully saturated rings. The van der Waals surface area contributed by atoms with Gasteiger partial charge in [0.05, 0.1) is 0 Å². The van der Waals surface area contributed by atoms with Crippen molar-refractivity contribution in [2.45, 2.75) is 58.8 Å². The van der Waals surface area contributed by atoms with Crippen LogP contribution < -0.4 is 35.3 Å². The van der Waals surface area contributed by atoms with Gasteiger partial charge in [-0.1, -0.05) is 121 Å². The van der Waals surface area contributed by atoms with Crippen LogP contribution in [0.3, 0.4) is 0 Å². The van der Waals surface area contributed by atoms with Gasteiger partial charge in [0.25, 0.3) is 0 Å². The molecule has 38 heavy (non-hydrogen) atoms. The van der Waals surface area contributed by atoms with Gasteiger partial charge in [-0.15, -0.1) is 28.5 Å². The van der Waals surface area contributed by atoms with Gasteiger partial charge in [0.1, 0.15) is 0 Å². The van der Waals surface area contributed by atoms with Gasteiger partial charge in [-0.3, -0.25) is 0 Å². The molecule has 2 aliphatic carbocycles. The molecule has 0 heterocycles. The van der Waals surface area contributed by atoms with Crippen LogP contribution in [0.1, 0.15) is 69.9 Å². The zero-order chi connectivity index (χ0) is 23.8. The Bertz CT molecular complexity index is 1630. The zero-order valence-corrected chi connectivity index (χ0v) is 26.2. The normalized spacial score (nSPS) is 12.6. The molecule has 4 aromatic carbocycles. The number of allylic oxidation sites excluding steroid dienone is 4. The Hall–Kier alpha value is -1.92. The Morgan fingerprint density at radius 1 is 0.711 bits per heavy atom. The topological polar surface area (TPSA) is 0 Å². The monoisotopic (exact) mass is 613 g/mol. The number of hydrogen-bond donors (Lipinski definition) is 0. The van der Waals surface area contributed by atoms with Gasteiger partial charge in [-0.05, 0) is 59.2 Å². The standard InChI is InChI=1S/C35H33.2ClH.Zr/c1-3-5-13-24(14-6-4-2)27-22-21-26-23-32-30-19-10-9-17-28(30)29-18-11-12-20-31(29)35(32)34(26)33(27)25-15-7-8-16-25;;;/h7-12,15,17-22H,3-6,13-14,16H2,1-2H3;2*1H;/q-1;;;+3/p-2. The van der Waals surface area contributed by atoms with Gasteiger partial charge < -0.3 is 24.8 Å². The molecule has 6 rings (SSSR count). The fraction of sp³-hybridized carbons (Fsp3) is 0.257. The van der Waals surface area contributed by atoms with Crippen LogP contribution >= 0.6 is 0 Å². The summed E-state index contributed by atoms with van der Waals surface area (Å²) in [6, 6.07) is 22.6. The Morgan fingerprint density at radius 3 is 1.92 bits per heavy atom. The zero-order valence-electron chi connectivity index (χ0n) is 22.2. The van der Waals surface area contributed by atoms with Gasteiger partial charge >= 0.3 is 26.2 Å². The molecule has 0 amide bonds. The van der Waals surface area contributed by atoms with Gasteiger partial charge in [-0.25, -0.2) is 0 Å². The summed E-state index contributed by atoms with van der Waals surface area (Å²) in [7, 11) is 0. The van der Waals surface area contributed by atoms with Crippen LogP contribution in [-0.2, 0) is 26.2 Å². The van der Waals surface area contributed by atoms with Gasteiger partial charge in [-0.2, -0.15) is 0 Å². The van der Waals surface area contributed by atoms with Crippen LogP contribution in [0.4, 0.5) is 0 Å². The molecule has 3 heteroatoms. The number of fused-ring (bicyclic) bond motifs is 8. The van der Waals surface area contributed by atoms with E-state index in [4.69, 9.17) is 0 Å². The molecule has 0 aromatic heterocycles. The predicted molar refractivity (Wildman–Crippen MR) is 153 cm³/mol. The van der Waals surface area contributed by atoms with E-state index in [1.54, 1.807) is 5.57 Å². The molecular formula is C35H33Cl2Zr. The molecule has 191 valence electrons. The van der Waals surface area contributed by atoms with E-state index in [1.807, 2.05) is 0 Å². The maximum absolute atomic E-state index is 3.87. The molecule has 0 bridgehead atoms. The SMILES string of the molecule is CCCCC(CCCC)=c1ccc2c(c1C1=CC=CC1)-c1c(c3ccccc3c3ccccc13)[C-]=2.[Cl-].[Cl-].[Zr+3]. The third kappa shape index (κ3) is 5.28. The first-order chi connectivity index (χ1) is 17.3. The van der Waals surface area contributed by atoms with Gasteiger partial charge in [0.2, 0.25) is 0 Å². The summed E-state index contributed by atoms with van der Waals surface area (Å²) in [5.74, 6) is 0. The molecule has 0 nitrogen and oxygen atoms in total. The summed E-state index contributed by atoms with van der Waals surface area (Å²) < 4.78 is 0. The Morgan fingerprint density at radius 2 is 1.32 bits per heavy atom. The van der Waals surface area contributed by atoms with Crippen molar-refractivity contribution >= 4 is 38.8 Å². The largest absolute Gasteiger partial charge is 3.00 e. The van der Waals surface area contributed by atoms with Crippen LogP contribution in [-0.4, -0.2) is 0 Å². The minimum absolute atomic E-state index is 0. The van der Waals surface area contributed by atoms with Gasteiger partial charge in [0.15, 0.2) is 0 Å². The minimum Gasteiger partial charge on any atom is -1.00 e. The van der Waals surface area contributed by atoms with E-state index in [1.165, 1.54) is 98.3 Å². The first-order valence-electron chi connectivity index (χ1n) is 13.4. The molecule has 0 aliphatic heterocycles. The summed E-state index contributed by atoms with van der Waals surface area (Å²) in [5.41, 5.74) is 8.60. The summed E-state index contributed by atoms with van der Waals surface area (Å²) in [6.07, 6.45) is 19.2. The molecular weight excluding hydrogens is 583 g/mol. The molecule has 0 saturated heterocycles. The predicted octanol–water partition coefficient (Wildman–Crippen LogP) is 2.56. The summed E-state index contributed by atoms with van der Waals surface area (Å²) in [5, 5.41) is 8.05. The van der Waals surface area contributed by atoms with Crippen molar-refractivity contribution in [3.8, 4) is 11.1 Å². The fourth-order valence-corrected chi connectivity index (χ4v) is 6.07. The summed E-state index contributed by atoms with van der Waals surface area (Å²) >= 11 is 0. The average Bonchev–Trinajstić information content (AvgIpc) is 3.57. The van der Waals surface area contributed by atoms with E-state index >= 15 is 0 Å². The minimum atomic E-state index is 0. The maximum atomic E-state index is 3.87. The van der Waals surface area contributed by atoms with E-state index in [2.05, 4.69) is 98.8 Å². The molecule has 1 radical (unpaired) electrons. The van der Waals surface area contributed by atoms with Crippen molar-refractivity contribution in [3.63, 3.8) is 0 Å². The molecule has 0 unspecified atom stereocenters. The van der Waals surface area contributed by atoms with E-state index in [0.29, 0.717) is 0 Å². The first-order valence-corrected chi connectivity index (χ1v) is 13.4. The first kappa shape index (κ1) is 30.6. The van der Waals surface area contributed by atoms with Crippen molar-refractivity contribution in [2.75, 3.05) is 0 Å². The molecule has 0 N–H and O–H groups in total. The Labute approximate surface area is 258 Å². The number of benzene rings is 4. The molecule has 2 aliphatic rings. The van der Waals surface area contributed by atoms with Crippen molar-refractivity contribution in [3.05, 3.63) is 100 Å². The quantitative estimate of drug-likeness (QED) is 0.195. The number of hydrogen-bond acceptors (Lipinski definition) is 0. The Kier molecular flexibility index (Phi) is 10.8. The van der Waals surface area contributed by atoms with Crippen LogP contribution in [0.25, 0.3) is 49.9 Å². The van der Waals surface area contributed by atoms with Crippen molar-refractivity contribution in [1.82, 2.24) is 0 Å². The molecule has 0 saturated carbocycles. The second-order valence-corrected chi connectivity index (χ2v) is 10.0. The van der Waals surface area contributed by atoms with E-state index in [9.17, 15) is 0 Å². The number of rotatable bonds is 7. The van der Waals surface area contributed by atoms with Crippen molar-refractivity contribution < 1.29 is 51.0 Å². The second-order valence-electron chi connectivity index (χ2n) is 10.0. The van der Waals surface area contributed by atoms with Crippen molar-refractivity contribution in [1.29, 1.82) is 0 Å². The van der Waals surface area contributed by atoms with Crippen molar-refractivity contribution in [2.24, 2.45) is 0 Å². The maximum Gasteiger partial charge on any atom is 3.00 e. The van der Waals surface area contributed by atoms with Crippen LogP contribution in [0.15, 0.2) is 78.9 Å². The number of unbranched alkanes of at least 4 members (excludes halogenated alkanes) is 2. The molecule has 0 spiro atoms. The summed E-state index contributed by atoms with van der Waals surface area (Å²) in [6.45, 7) is 4.61. The second kappa shape index (κ2) is 13.4. The van der Waals surface area contributed by atoms with Crippen LogP contribution in [0.2, 0.25) is 0 Å². The fourth-order valence-electron chi connectivity index (χ4n) is 6.07. The van der Waals surface area contributed by atoms with E-state index in [-0.39, 0.29) is 51.0 Å². The number of halogens is 2. The van der Waals surface area contributed by atoms with E-state index in [0.717, 1.165) is 6.42 Å².